The van der Waals surface area contributed by atoms with E-state index >= 15 is 0 Å². The molecule has 7 aromatic rings. The molecule has 0 aliphatic heterocycles. The summed E-state index contributed by atoms with van der Waals surface area (Å²) in [7, 11) is 0. The van der Waals surface area contributed by atoms with Crippen LogP contribution < -0.4 is 0 Å². The molecule has 2 aromatic heterocycles. The van der Waals surface area contributed by atoms with Crippen molar-refractivity contribution in [2.75, 3.05) is 0 Å². The van der Waals surface area contributed by atoms with E-state index in [-0.39, 0.29) is 0 Å². The first-order valence-electron chi connectivity index (χ1n) is 14.1. The third-order valence-electron chi connectivity index (χ3n) is 8.15. The van der Waals surface area contributed by atoms with Crippen LogP contribution in [0.25, 0.3) is 60.9 Å². The van der Waals surface area contributed by atoms with Gasteiger partial charge in [0.2, 0.25) is 0 Å². The number of aromatic nitrogens is 2. The summed E-state index contributed by atoms with van der Waals surface area (Å²) in [5, 5.41) is 30.7. The predicted octanol–water partition coefficient (Wildman–Crippen LogP) is 9.10. The number of nitrogens with zero attached hydrogens (tertiary/aromatic N) is 5. The van der Waals surface area contributed by atoms with E-state index in [0.29, 0.717) is 16.7 Å². The molecule has 5 heteroatoms. The first kappa shape index (κ1) is 26.4. The number of rotatable bonds is 4. The van der Waals surface area contributed by atoms with Crippen molar-refractivity contribution in [2.24, 2.45) is 0 Å². The molecule has 0 aliphatic rings. The van der Waals surface area contributed by atoms with Gasteiger partial charge in [0.15, 0.2) is 0 Å². The zero-order valence-electron chi connectivity index (χ0n) is 23.8. The predicted molar refractivity (Wildman–Crippen MR) is 174 cm³/mol. The maximum absolute atomic E-state index is 10.0. The molecule has 0 bridgehead atoms. The largest absolute Gasteiger partial charge is 0.309 e. The summed E-state index contributed by atoms with van der Waals surface area (Å²) < 4.78 is 2.27. The van der Waals surface area contributed by atoms with Crippen LogP contribution in [0.15, 0.2) is 122 Å². The van der Waals surface area contributed by atoms with Crippen molar-refractivity contribution < 1.29 is 0 Å². The Morgan fingerprint density at radius 3 is 1.50 bits per heavy atom. The fourth-order valence-corrected chi connectivity index (χ4v) is 5.92. The van der Waals surface area contributed by atoms with E-state index in [4.69, 9.17) is 0 Å². The van der Waals surface area contributed by atoms with Crippen LogP contribution in [0.5, 0.6) is 0 Å². The lowest BCUT2D eigenvalue weighted by Crippen LogP contribution is -1.99. The lowest BCUT2D eigenvalue weighted by molar-refractivity contribution is 1.15. The second-order valence-electron chi connectivity index (χ2n) is 10.7. The second-order valence-corrected chi connectivity index (χ2v) is 10.7. The summed E-state index contributed by atoms with van der Waals surface area (Å²) in [6.07, 6.45) is 3.48. The minimum absolute atomic E-state index is 0.615. The van der Waals surface area contributed by atoms with E-state index in [2.05, 4.69) is 70.2 Å². The molecule has 204 valence electrons. The topological polar surface area (TPSA) is 89.2 Å². The molecule has 0 amide bonds. The molecule has 0 saturated heterocycles. The van der Waals surface area contributed by atoms with Gasteiger partial charge < -0.3 is 4.57 Å². The molecule has 5 aromatic carbocycles. The Labute approximate surface area is 254 Å². The Hall–Kier alpha value is -6.48. The lowest BCUT2D eigenvalue weighted by atomic mass is 9.97. The highest BCUT2D eigenvalue weighted by atomic mass is 15.0. The van der Waals surface area contributed by atoms with Gasteiger partial charge in [-0.2, -0.15) is 15.8 Å². The second kappa shape index (κ2) is 10.7. The van der Waals surface area contributed by atoms with Crippen molar-refractivity contribution in [1.29, 1.82) is 15.8 Å². The molecule has 0 N–H and O–H groups in total. The molecule has 44 heavy (non-hydrogen) atoms. The number of hydrogen-bond acceptors (Lipinski definition) is 4. The minimum Gasteiger partial charge on any atom is -0.309 e. The Balaban J connectivity index is 1.51. The van der Waals surface area contributed by atoms with Gasteiger partial charge in [-0.3, -0.25) is 4.98 Å². The average Bonchev–Trinajstić information content (AvgIpc) is 3.41. The van der Waals surface area contributed by atoms with Gasteiger partial charge in [0.1, 0.15) is 0 Å². The first-order chi connectivity index (χ1) is 21.6. The molecule has 0 atom stereocenters. The molecule has 0 aliphatic carbocycles. The Morgan fingerprint density at radius 1 is 0.523 bits per heavy atom. The summed E-state index contributed by atoms with van der Waals surface area (Å²) in [4.78, 5) is 4.16. The van der Waals surface area contributed by atoms with E-state index < -0.39 is 0 Å². The zero-order valence-corrected chi connectivity index (χ0v) is 23.8. The fourth-order valence-electron chi connectivity index (χ4n) is 5.92. The summed E-state index contributed by atoms with van der Waals surface area (Å²) in [6.45, 7) is 2.04. The minimum atomic E-state index is 0.615. The number of pyridine rings is 1. The maximum Gasteiger partial charge on any atom is 0.0998 e. The van der Waals surface area contributed by atoms with Crippen LogP contribution in [0.2, 0.25) is 0 Å². The highest BCUT2D eigenvalue weighted by Crippen LogP contribution is 2.39. The number of nitriles is 3. The summed E-state index contributed by atoms with van der Waals surface area (Å²) in [5.41, 5.74) is 11.9. The van der Waals surface area contributed by atoms with Crippen LogP contribution >= 0.6 is 0 Å². The van der Waals surface area contributed by atoms with E-state index in [1.807, 2.05) is 73.7 Å². The van der Waals surface area contributed by atoms with E-state index in [1.165, 1.54) is 0 Å². The van der Waals surface area contributed by atoms with Crippen LogP contribution in [0.1, 0.15) is 22.3 Å². The van der Waals surface area contributed by atoms with Gasteiger partial charge in [-0.25, -0.2) is 0 Å². The fraction of sp³-hybridized carbons (Fsp3) is 0.0256. The van der Waals surface area contributed by atoms with Gasteiger partial charge in [-0.15, -0.1) is 0 Å². The zero-order chi connectivity index (χ0) is 30.2. The van der Waals surface area contributed by atoms with Crippen molar-refractivity contribution >= 4 is 21.8 Å². The van der Waals surface area contributed by atoms with Crippen LogP contribution in [0.3, 0.4) is 0 Å². The molecular formula is C39H23N5. The number of hydrogen-bond donors (Lipinski definition) is 0. The van der Waals surface area contributed by atoms with Gasteiger partial charge in [0.05, 0.1) is 45.9 Å². The molecule has 2 heterocycles. The molecule has 7 rings (SSSR count). The molecule has 0 unspecified atom stereocenters. The average molecular weight is 562 g/mol. The van der Waals surface area contributed by atoms with E-state index in [9.17, 15) is 15.8 Å². The smallest absolute Gasteiger partial charge is 0.0998 e. The van der Waals surface area contributed by atoms with Gasteiger partial charge in [0, 0.05) is 34.4 Å². The van der Waals surface area contributed by atoms with Crippen molar-refractivity contribution in [3.8, 4) is 57.3 Å². The highest BCUT2D eigenvalue weighted by molar-refractivity contribution is 6.11. The quantitative estimate of drug-likeness (QED) is 0.214. The van der Waals surface area contributed by atoms with Crippen molar-refractivity contribution in [3.63, 3.8) is 0 Å². The maximum atomic E-state index is 10.0. The normalized spacial score (nSPS) is 10.8. The molecule has 5 nitrogen and oxygen atoms in total. The molecular weight excluding hydrogens is 538 g/mol. The Kier molecular flexibility index (Phi) is 6.44. The van der Waals surface area contributed by atoms with Crippen molar-refractivity contribution in [3.05, 3.63) is 144 Å². The third-order valence-corrected chi connectivity index (χ3v) is 8.15. The lowest BCUT2D eigenvalue weighted by Gasteiger charge is -2.15. The number of benzene rings is 5. The van der Waals surface area contributed by atoms with Gasteiger partial charge in [-0.1, -0.05) is 36.4 Å². The number of fused-ring (bicyclic) bond motifs is 3. The SMILES string of the molecule is Cc1cc(C#N)c(-c2ccncc2)cc1-n1c2ccc(-c3ccc(C#N)cc3)cc2c2cc(-c3ccc(C#N)cc3)ccc21. The molecule has 0 radical (unpaired) electrons. The number of aryl methyl sites for hydroxylation is 1. The highest BCUT2D eigenvalue weighted by Gasteiger charge is 2.18. The van der Waals surface area contributed by atoms with E-state index in [1.54, 1.807) is 12.4 Å². The Morgan fingerprint density at radius 2 is 1.02 bits per heavy atom. The first-order valence-corrected chi connectivity index (χ1v) is 14.1. The molecule has 0 saturated carbocycles. The van der Waals surface area contributed by atoms with Gasteiger partial charge in [0.25, 0.3) is 0 Å². The Bertz CT molecular complexity index is 2230. The van der Waals surface area contributed by atoms with Crippen molar-refractivity contribution in [2.45, 2.75) is 6.92 Å². The van der Waals surface area contributed by atoms with Crippen LogP contribution in [0.4, 0.5) is 0 Å². The van der Waals surface area contributed by atoms with Crippen LogP contribution in [-0.4, -0.2) is 9.55 Å². The standard InChI is InChI=1S/C39H23N5/c1-25-18-33(24-42)34(30-14-16-43-17-15-30)21-39(25)44-37-12-10-31(28-6-2-26(22-40)3-7-28)19-35(37)36-20-32(11-13-38(36)44)29-8-4-27(23-41)5-9-29/h2-21H,1H3. The molecule has 0 fully saturated rings. The van der Waals surface area contributed by atoms with Crippen LogP contribution in [-0.2, 0) is 0 Å². The van der Waals surface area contributed by atoms with Crippen LogP contribution in [0, 0.1) is 40.9 Å². The van der Waals surface area contributed by atoms with Gasteiger partial charge >= 0.3 is 0 Å². The van der Waals surface area contributed by atoms with E-state index in [0.717, 1.165) is 66.4 Å². The van der Waals surface area contributed by atoms with Gasteiger partial charge in [-0.05, 0) is 113 Å². The van der Waals surface area contributed by atoms with Crippen molar-refractivity contribution in [1.82, 2.24) is 9.55 Å². The third kappa shape index (κ3) is 4.45. The summed E-state index contributed by atoms with van der Waals surface area (Å²) in [5.74, 6) is 0. The summed E-state index contributed by atoms with van der Waals surface area (Å²) >= 11 is 0. The molecule has 0 spiro atoms. The monoisotopic (exact) mass is 561 g/mol. The summed E-state index contributed by atoms with van der Waals surface area (Å²) in [6, 6.07) is 42.9.